The van der Waals surface area contributed by atoms with Gasteiger partial charge in [-0.15, -0.1) is 0 Å². The molecule has 0 aliphatic rings. The molecule has 29 heavy (non-hydrogen) atoms. The van der Waals surface area contributed by atoms with Gasteiger partial charge < -0.3 is 15.4 Å². The van der Waals surface area contributed by atoms with Crippen LogP contribution in [0.15, 0.2) is 91.0 Å². The highest BCUT2D eigenvalue weighted by Gasteiger charge is 2.15. The first-order valence-corrected chi connectivity index (χ1v) is 9.53. The van der Waals surface area contributed by atoms with Crippen molar-refractivity contribution in [3.8, 4) is 5.75 Å². The van der Waals surface area contributed by atoms with Crippen LogP contribution in [0, 0.1) is 0 Å². The Labute approximate surface area is 170 Å². The van der Waals surface area contributed by atoms with Gasteiger partial charge >= 0.3 is 0 Å². The maximum atomic E-state index is 12.2. The molecule has 3 aromatic rings. The van der Waals surface area contributed by atoms with Crippen molar-refractivity contribution in [3.05, 3.63) is 102 Å². The molecule has 0 unspecified atom stereocenters. The zero-order chi connectivity index (χ0) is 20.3. The lowest BCUT2D eigenvalue weighted by Crippen LogP contribution is -2.40. The van der Waals surface area contributed by atoms with Gasteiger partial charge in [0.25, 0.3) is 5.91 Å². The van der Waals surface area contributed by atoms with Crippen molar-refractivity contribution in [1.29, 1.82) is 0 Å². The smallest absolute Gasteiger partial charge is 0.258 e. The first-order chi connectivity index (χ1) is 14.2. The minimum absolute atomic E-state index is 0.0402. The molecule has 0 aliphatic carbocycles. The molecule has 5 nitrogen and oxygen atoms in total. The lowest BCUT2D eigenvalue weighted by atomic mass is 9.91. The van der Waals surface area contributed by atoms with Crippen LogP contribution < -0.4 is 15.4 Å². The lowest BCUT2D eigenvalue weighted by Gasteiger charge is -2.19. The summed E-state index contributed by atoms with van der Waals surface area (Å²) in [5, 5.41) is 5.49. The summed E-state index contributed by atoms with van der Waals surface area (Å²) >= 11 is 0. The number of para-hydroxylation sites is 1. The van der Waals surface area contributed by atoms with Crippen molar-refractivity contribution in [3.63, 3.8) is 0 Å². The molecular weight excluding hydrogens is 364 g/mol. The SMILES string of the molecule is O=C(CNC(=O)COc1ccccc1)NCC(c1ccccc1)c1ccccc1. The fourth-order valence-corrected chi connectivity index (χ4v) is 2.97. The van der Waals surface area contributed by atoms with Crippen molar-refractivity contribution < 1.29 is 14.3 Å². The minimum atomic E-state index is -0.341. The monoisotopic (exact) mass is 388 g/mol. The third-order valence-corrected chi connectivity index (χ3v) is 4.47. The molecule has 2 amide bonds. The van der Waals surface area contributed by atoms with Gasteiger partial charge in [0.15, 0.2) is 6.61 Å². The second kappa shape index (κ2) is 10.7. The highest BCUT2D eigenvalue weighted by molar-refractivity contribution is 5.85. The lowest BCUT2D eigenvalue weighted by molar-refractivity contribution is -0.127. The fourth-order valence-electron chi connectivity index (χ4n) is 2.97. The van der Waals surface area contributed by atoms with Gasteiger partial charge in [0.2, 0.25) is 5.91 Å². The van der Waals surface area contributed by atoms with E-state index in [4.69, 9.17) is 4.74 Å². The molecule has 3 rings (SSSR count). The second-order valence-corrected chi connectivity index (χ2v) is 6.56. The van der Waals surface area contributed by atoms with Crippen molar-refractivity contribution in [1.82, 2.24) is 10.6 Å². The maximum Gasteiger partial charge on any atom is 0.258 e. The molecule has 0 saturated carbocycles. The molecular formula is C24H24N2O3. The van der Waals surface area contributed by atoms with Crippen molar-refractivity contribution in [2.24, 2.45) is 0 Å². The van der Waals surface area contributed by atoms with Gasteiger partial charge in [-0.25, -0.2) is 0 Å². The Kier molecular flexibility index (Phi) is 7.41. The normalized spacial score (nSPS) is 10.4. The Morgan fingerprint density at radius 1 is 0.690 bits per heavy atom. The highest BCUT2D eigenvalue weighted by Crippen LogP contribution is 2.23. The molecule has 0 radical (unpaired) electrons. The maximum absolute atomic E-state index is 12.2. The molecule has 5 heteroatoms. The van der Waals surface area contributed by atoms with E-state index < -0.39 is 0 Å². The number of carbonyl (C=O) groups is 2. The summed E-state index contributed by atoms with van der Waals surface area (Å²) in [6.07, 6.45) is 0. The van der Waals surface area contributed by atoms with E-state index in [1.807, 2.05) is 78.9 Å². The number of nitrogens with one attached hydrogen (secondary N) is 2. The third-order valence-electron chi connectivity index (χ3n) is 4.47. The summed E-state index contributed by atoms with van der Waals surface area (Å²) in [6.45, 7) is 0.227. The number of hydrogen-bond donors (Lipinski definition) is 2. The van der Waals surface area contributed by atoms with Crippen LogP contribution in [0.4, 0.5) is 0 Å². The Morgan fingerprint density at radius 3 is 1.76 bits per heavy atom. The van der Waals surface area contributed by atoms with E-state index in [-0.39, 0.29) is 30.9 Å². The average Bonchev–Trinajstić information content (AvgIpc) is 2.78. The van der Waals surface area contributed by atoms with Crippen LogP contribution in [0.5, 0.6) is 5.75 Å². The van der Waals surface area contributed by atoms with Crippen LogP contribution in [0.25, 0.3) is 0 Å². The molecule has 0 aliphatic heterocycles. The van der Waals surface area contributed by atoms with Gasteiger partial charge in [0, 0.05) is 12.5 Å². The van der Waals surface area contributed by atoms with Crippen LogP contribution in [0.3, 0.4) is 0 Å². The molecule has 0 bridgehead atoms. The standard InChI is InChI=1S/C24H24N2O3/c27-23(17-26-24(28)18-29-21-14-8-3-9-15-21)25-16-22(19-10-4-1-5-11-19)20-12-6-2-7-13-20/h1-15,22H,16-18H2,(H,25,27)(H,26,28). The Bertz CT molecular complexity index is 860. The van der Waals surface area contributed by atoms with Gasteiger partial charge in [-0.1, -0.05) is 78.9 Å². The zero-order valence-corrected chi connectivity index (χ0v) is 16.1. The first-order valence-electron chi connectivity index (χ1n) is 9.53. The van der Waals surface area contributed by atoms with E-state index in [1.54, 1.807) is 12.1 Å². The minimum Gasteiger partial charge on any atom is -0.484 e. The summed E-state index contributed by atoms with van der Waals surface area (Å²) in [7, 11) is 0. The molecule has 0 atom stereocenters. The molecule has 148 valence electrons. The van der Waals surface area contributed by atoms with Crippen LogP contribution in [-0.2, 0) is 9.59 Å². The van der Waals surface area contributed by atoms with Gasteiger partial charge in [0.1, 0.15) is 5.75 Å². The Balaban J connectivity index is 1.48. The molecule has 0 fully saturated rings. The third kappa shape index (κ3) is 6.50. The molecule has 3 aromatic carbocycles. The zero-order valence-electron chi connectivity index (χ0n) is 16.1. The summed E-state index contributed by atoms with van der Waals surface area (Å²) < 4.78 is 5.37. The predicted molar refractivity (Wildman–Crippen MR) is 113 cm³/mol. The molecule has 0 spiro atoms. The highest BCUT2D eigenvalue weighted by atomic mass is 16.5. The van der Waals surface area contributed by atoms with Crippen molar-refractivity contribution in [2.75, 3.05) is 19.7 Å². The fraction of sp³-hybridized carbons (Fsp3) is 0.167. The van der Waals surface area contributed by atoms with E-state index in [9.17, 15) is 9.59 Å². The molecule has 0 aromatic heterocycles. The van der Waals surface area contributed by atoms with Crippen molar-refractivity contribution >= 4 is 11.8 Å². The van der Waals surface area contributed by atoms with E-state index in [2.05, 4.69) is 10.6 Å². The Hall–Kier alpha value is -3.60. The quantitative estimate of drug-likeness (QED) is 0.592. The number of benzene rings is 3. The van der Waals surface area contributed by atoms with Gasteiger partial charge in [-0.05, 0) is 23.3 Å². The van der Waals surface area contributed by atoms with Crippen molar-refractivity contribution in [2.45, 2.75) is 5.92 Å². The second-order valence-electron chi connectivity index (χ2n) is 6.56. The van der Waals surface area contributed by atoms with E-state index in [0.717, 1.165) is 11.1 Å². The average molecular weight is 388 g/mol. The van der Waals surface area contributed by atoms with Crippen LogP contribution in [0.1, 0.15) is 17.0 Å². The van der Waals surface area contributed by atoms with Gasteiger partial charge in [-0.3, -0.25) is 9.59 Å². The number of rotatable bonds is 9. The predicted octanol–water partition coefficient (Wildman–Crippen LogP) is 3.13. The summed E-state index contributed by atoms with van der Waals surface area (Å²) in [4.78, 5) is 24.1. The number of carbonyl (C=O) groups excluding carboxylic acids is 2. The largest absolute Gasteiger partial charge is 0.484 e. The van der Waals surface area contributed by atoms with E-state index in [1.165, 1.54) is 0 Å². The molecule has 0 saturated heterocycles. The van der Waals surface area contributed by atoms with Crippen LogP contribution in [-0.4, -0.2) is 31.5 Å². The summed E-state index contributed by atoms with van der Waals surface area (Å²) in [5.41, 5.74) is 2.25. The summed E-state index contributed by atoms with van der Waals surface area (Å²) in [5.74, 6) is 0.0701. The van der Waals surface area contributed by atoms with E-state index in [0.29, 0.717) is 12.3 Å². The molecule has 0 heterocycles. The topological polar surface area (TPSA) is 67.4 Å². The summed E-state index contributed by atoms with van der Waals surface area (Å²) in [6, 6.07) is 29.1. The first kappa shape index (κ1) is 20.1. The van der Waals surface area contributed by atoms with Crippen LogP contribution >= 0.6 is 0 Å². The van der Waals surface area contributed by atoms with Crippen LogP contribution in [0.2, 0.25) is 0 Å². The number of hydrogen-bond acceptors (Lipinski definition) is 3. The number of ether oxygens (including phenoxy) is 1. The van der Waals surface area contributed by atoms with Gasteiger partial charge in [0.05, 0.1) is 6.54 Å². The van der Waals surface area contributed by atoms with Gasteiger partial charge in [-0.2, -0.15) is 0 Å². The molecule has 2 N–H and O–H groups in total. The Morgan fingerprint density at radius 2 is 1.21 bits per heavy atom. The van der Waals surface area contributed by atoms with E-state index >= 15 is 0 Å². The number of amides is 2.